The average molecular weight is 312 g/mol. The van der Waals surface area contributed by atoms with Crippen LogP contribution in [0.15, 0.2) is 22.7 Å². The van der Waals surface area contributed by atoms with Crippen LogP contribution in [-0.2, 0) is 0 Å². The molecule has 2 N–H and O–H groups in total. The smallest absolute Gasteiger partial charge is 0.251 e. The number of carbonyl (C=O) groups excluding carboxylic acids is 1. The van der Waals surface area contributed by atoms with E-state index in [4.69, 9.17) is 0 Å². The normalized spacial score (nSPS) is 17.7. The van der Waals surface area contributed by atoms with Gasteiger partial charge in [-0.15, -0.1) is 0 Å². The minimum Gasteiger partial charge on any atom is -0.394 e. The number of benzene rings is 1. The Hall–Kier alpha value is -0.870. The summed E-state index contributed by atoms with van der Waals surface area (Å²) in [6, 6.07) is 5.54. The first-order chi connectivity index (χ1) is 8.56. The maximum absolute atomic E-state index is 12.2. The highest BCUT2D eigenvalue weighted by molar-refractivity contribution is 9.10. The third-order valence-corrected chi connectivity index (χ3v) is 4.55. The summed E-state index contributed by atoms with van der Waals surface area (Å²) in [5, 5.41) is 12.5. The molecule has 1 aromatic carbocycles. The SMILES string of the molecule is Cc1cc(C(=O)NC2(CO)CCCC2)ccc1Br. The molecule has 2 rings (SSSR count). The fourth-order valence-corrected chi connectivity index (χ4v) is 2.72. The number of halogens is 1. The number of nitrogens with one attached hydrogen (secondary N) is 1. The highest BCUT2D eigenvalue weighted by Crippen LogP contribution is 2.29. The van der Waals surface area contributed by atoms with E-state index < -0.39 is 5.54 Å². The molecule has 98 valence electrons. The third-order valence-electron chi connectivity index (χ3n) is 3.66. The Morgan fingerprint density at radius 3 is 2.67 bits per heavy atom. The van der Waals surface area contributed by atoms with Gasteiger partial charge in [-0.1, -0.05) is 28.8 Å². The zero-order chi connectivity index (χ0) is 13.2. The molecule has 0 radical (unpaired) electrons. The van der Waals surface area contributed by atoms with Gasteiger partial charge in [-0.05, 0) is 43.5 Å². The van der Waals surface area contributed by atoms with E-state index >= 15 is 0 Å². The first-order valence-electron chi connectivity index (χ1n) is 6.26. The van der Waals surface area contributed by atoms with E-state index in [-0.39, 0.29) is 12.5 Å². The highest BCUT2D eigenvalue weighted by atomic mass is 79.9. The molecule has 1 saturated carbocycles. The minimum absolute atomic E-state index is 0.0221. The van der Waals surface area contributed by atoms with Crippen molar-refractivity contribution < 1.29 is 9.90 Å². The number of aliphatic hydroxyl groups is 1. The lowest BCUT2D eigenvalue weighted by Gasteiger charge is -2.28. The van der Waals surface area contributed by atoms with Crippen molar-refractivity contribution in [3.05, 3.63) is 33.8 Å². The second-order valence-corrected chi connectivity index (χ2v) is 5.92. The average Bonchev–Trinajstić information content (AvgIpc) is 2.82. The van der Waals surface area contributed by atoms with Gasteiger partial charge in [-0.2, -0.15) is 0 Å². The number of amides is 1. The molecule has 0 saturated heterocycles. The van der Waals surface area contributed by atoms with Crippen molar-refractivity contribution in [2.45, 2.75) is 38.1 Å². The van der Waals surface area contributed by atoms with Crippen molar-refractivity contribution in [3.8, 4) is 0 Å². The second-order valence-electron chi connectivity index (χ2n) is 5.06. The standard InChI is InChI=1S/C14H18BrNO2/c1-10-8-11(4-5-12(10)15)13(18)16-14(9-17)6-2-3-7-14/h4-5,8,17H,2-3,6-7,9H2,1H3,(H,16,18). The van der Waals surface area contributed by atoms with Crippen molar-refractivity contribution in [1.29, 1.82) is 0 Å². The zero-order valence-corrected chi connectivity index (χ0v) is 12.1. The molecule has 1 aliphatic rings. The predicted molar refractivity (Wildman–Crippen MR) is 74.6 cm³/mol. The van der Waals surface area contributed by atoms with Crippen LogP contribution >= 0.6 is 15.9 Å². The lowest BCUT2D eigenvalue weighted by Crippen LogP contribution is -2.49. The topological polar surface area (TPSA) is 49.3 Å². The van der Waals surface area contributed by atoms with Crippen molar-refractivity contribution in [1.82, 2.24) is 5.32 Å². The van der Waals surface area contributed by atoms with Crippen LogP contribution in [0.1, 0.15) is 41.6 Å². The Morgan fingerprint density at radius 1 is 1.44 bits per heavy atom. The van der Waals surface area contributed by atoms with E-state index in [1.807, 2.05) is 19.1 Å². The van der Waals surface area contributed by atoms with Gasteiger partial charge < -0.3 is 10.4 Å². The van der Waals surface area contributed by atoms with Crippen LogP contribution in [0.2, 0.25) is 0 Å². The number of hydrogen-bond acceptors (Lipinski definition) is 2. The van der Waals surface area contributed by atoms with Crippen LogP contribution < -0.4 is 5.32 Å². The van der Waals surface area contributed by atoms with E-state index in [0.717, 1.165) is 35.7 Å². The van der Waals surface area contributed by atoms with Crippen LogP contribution in [-0.4, -0.2) is 23.2 Å². The molecule has 1 amide bonds. The molecule has 0 aromatic heterocycles. The molecule has 0 aliphatic heterocycles. The fraction of sp³-hybridized carbons (Fsp3) is 0.500. The molecule has 0 atom stereocenters. The number of rotatable bonds is 3. The van der Waals surface area contributed by atoms with Gasteiger partial charge in [0.15, 0.2) is 0 Å². The van der Waals surface area contributed by atoms with Crippen LogP contribution in [0, 0.1) is 6.92 Å². The molecule has 1 aromatic rings. The van der Waals surface area contributed by atoms with Crippen LogP contribution in [0.4, 0.5) is 0 Å². The summed E-state index contributed by atoms with van der Waals surface area (Å²) in [5.41, 5.74) is 1.28. The van der Waals surface area contributed by atoms with E-state index in [0.29, 0.717) is 5.56 Å². The predicted octanol–water partition coefficient (Wildman–Crippen LogP) is 2.79. The molecule has 0 unspecified atom stereocenters. The quantitative estimate of drug-likeness (QED) is 0.902. The summed E-state index contributed by atoms with van der Waals surface area (Å²) < 4.78 is 0.997. The first kappa shape index (κ1) is 13.6. The Balaban J connectivity index is 2.13. The molecule has 1 fully saturated rings. The van der Waals surface area contributed by atoms with E-state index in [2.05, 4.69) is 21.2 Å². The van der Waals surface area contributed by atoms with Crippen molar-refractivity contribution in [3.63, 3.8) is 0 Å². The second kappa shape index (κ2) is 5.41. The Bertz CT molecular complexity index is 453. The highest BCUT2D eigenvalue weighted by Gasteiger charge is 2.34. The lowest BCUT2D eigenvalue weighted by atomic mass is 9.98. The van der Waals surface area contributed by atoms with Crippen molar-refractivity contribution in [2.75, 3.05) is 6.61 Å². The maximum atomic E-state index is 12.2. The number of aliphatic hydroxyl groups excluding tert-OH is 1. The minimum atomic E-state index is -0.405. The van der Waals surface area contributed by atoms with Crippen molar-refractivity contribution >= 4 is 21.8 Å². The summed E-state index contributed by atoms with van der Waals surface area (Å²) in [5.74, 6) is -0.0958. The Labute approximate surface area is 116 Å². The third kappa shape index (κ3) is 2.75. The van der Waals surface area contributed by atoms with Gasteiger partial charge >= 0.3 is 0 Å². The van der Waals surface area contributed by atoms with Crippen LogP contribution in [0.25, 0.3) is 0 Å². The van der Waals surface area contributed by atoms with E-state index in [1.165, 1.54) is 0 Å². The van der Waals surface area contributed by atoms with Gasteiger partial charge in [-0.3, -0.25) is 4.79 Å². The fourth-order valence-electron chi connectivity index (χ4n) is 2.47. The van der Waals surface area contributed by atoms with Crippen LogP contribution in [0.3, 0.4) is 0 Å². The number of aryl methyl sites for hydroxylation is 1. The van der Waals surface area contributed by atoms with Gasteiger partial charge in [0.25, 0.3) is 5.91 Å². The molecular formula is C14H18BrNO2. The van der Waals surface area contributed by atoms with Gasteiger partial charge in [0.1, 0.15) is 0 Å². The van der Waals surface area contributed by atoms with Gasteiger partial charge in [0.2, 0.25) is 0 Å². The van der Waals surface area contributed by atoms with Crippen LogP contribution in [0.5, 0.6) is 0 Å². The number of hydrogen-bond donors (Lipinski definition) is 2. The van der Waals surface area contributed by atoms with E-state index in [9.17, 15) is 9.90 Å². The largest absolute Gasteiger partial charge is 0.394 e. The molecule has 0 bridgehead atoms. The molecule has 18 heavy (non-hydrogen) atoms. The Kier molecular flexibility index (Phi) is 4.07. The van der Waals surface area contributed by atoms with E-state index in [1.54, 1.807) is 6.07 Å². The van der Waals surface area contributed by atoms with Gasteiger partial charge in [0, 0.05) is 10.0 Å². The first-order valence-corrected chi connectivity index (χ1v) is 7.05. The molecule has 3 nitrogen and oxygen atoms in total. The molecule has 0 heterocycles. The summed E-state index contributed by atoms with van der Waals surface area (Å²) >= 11 is 3.42. The van der Waals surface area contributed by atoms with Gasteiger partial charge in [0.05, 0.1) is 12.1 Å². The Morgan fingerprint density at radius 2 is 2.11 bits per heavy atom. The summed E-state index contributed by atoms with van der Waals surface area (Å²) in [6.07, 6.45) is 3.87. The molecule has 1 aliphatic carbocycles. The zero-order valence-electron chi connectivity index (χ0n) is 10.5. The summed E-state index contributed by atoms with van der Waals surface area (Å²) in [7, 11) is 0. The van der Waals surface area contributed by atoms with Crippen molar-refractivity contribution in [2.24, 2.45) is 0 Å². The maximum Gasteiger partial charge on any atom is 0.251 e. The number of carbonyl (C=O) groups is 1. The monoisotopic (exact) mass is 311 g/mol. The molecule has 0 spiro atoms. The summed E-state index contributed by atoms with van der Waals surface area (Å²) in [6.45, 7) is 1.98. The van der Waals surface area contributed by atoms with Gasteiger partial charge in [-0.25, -0.2) is 0 Å². The molecule has 4 heteroatoms. The lowest BCUT2D eigenvalue weighted by molar-refractivity contribution is 0.0838. The molecular weight excluding hydrogens is 294 g/mol. The summed E-state index contributed by atoms with van der Waals surface area (Å²) in [4.78, 5) is 12.2.